The van der Waals surface area contributed by atoms with Gasteiger partial charge in [-0.1, -0.05) is 0 Å². The summed E-state index contributed by atoms with van der Waals surface area (Å²) in [5, 5.41) is 8.71. The second-order valence-corrected chi connectivity index (χ2v) is 9.51. The van der Waals surface area contributed by atoms with Gasteiger partial charge in [-0.25, -0.2) is 14.2 Å². The molecule has 0 saturated heterocycles. The van der Waals surface area contributed by atoms with Gasteiger partial charge in [0.2, 0.25) is 0 Å². The fourth-order valence-electron chi connectivity index (χ4n) is 3.19. The minimum Gasteiger partial charge on any atom is -0.444 e. The summed E-state index contributed by atoms with van der Waals surface area (Å²) < 4.78 is 20.0. The number of nitrogens with two attached hydrogens (primary N) is 2. The van der Waals surface area contributed by atoms with Crippen LogP contribution in [0, 0.1) is 19.7 Å². The van der Waals surface area contributed by atoms with E-state index in [9.17, 15) is 14.0 Å². The number of hydrogen-bond acceptors (Lipinski definition) is 8. The molecule has 11 heteroatoms. The highest BCUT2D eigenvalue weighted by atomic mass is 19.1. The van der Waals surface area contributed by atoms with Crippen LogP contribution in [0.5, 0.6) is 0 Å². The lowest BCUT2D eigenvalue weighted by Crippen LogP contribution is -2.39. The van der Waals surface area contributed by atoms with Crippen molar-refractivity contribution < 1.29 is 18.7 Å². The molecule has 0 aromatic carbocycles. The molecule has 2 aromatic rings. The molecule has 0 radical (unpaired) electrons. The number of pyridine rings is 2. The molecule has 0 bridgehead atoms. The first-order valence-corrected chi connectivity index (χ1v) is 11.5. The molecule has 7 N–H and O–H groups in total. The summed E-state index contributed by atoms with van der Waals surface area (Å²) in [6.45, 7) is 11.3. The summed E-state index contributed by atoms with van der Waals surface area (Å²) >= 11 is 0. The molecule has 35 heavy (non-hydrogen) atoms. The van der Waals surface area contributed by atoms with Crippen LogP contribution in [0.15, 0.2) is 18.3 Å². The van der Waals surface area contributed by atoms with Gasteiger partial charge in [-0.05, 0) is 72.1 Å². The largest absolute Gasteiger partial charge is 0.444 e. The second kappa shape index (κ2) is 11.8. The molecule has 0 spiro atoms. The Morgan fingerprint density at radius 2 is 1.89 bits per heavy atom. The van der Waals surface area contributed by atoms with Gasteiger partial charge >= 0.3 is 6.09 Å². The lowest BCUT2D eigenvalue weighted by molar-refractivity contribution is 0.0526. The van der Waals surface area contributed by atoms with Crippen LogP contribution in [-0.2, 0) is 4.74 Å². The Balaban J connectivity index is 2.15. The van der Waals surface area contributed by atoms with E-state index in [0.717, 1.165) is 17.3 Å². The van der Waals surface area contributed by atoms with Gasteiger partial charge < -0.3 is 32.2 Å². The summed E-state index contributed by atoms with van der Waals surface area (Å²) in [7, 11) is 0. The smallest absolute Gasteiger partial charge is 0.407 e. The van der Waals surface area contributed by atoms with E-state index in [1.54, 1.807) is 33.9 Å². The number of nitrogens with one attached hydrogen (secondary N) is 3. The van der Waals surface area contributed by atoms with Crippen molar-refractivity contribution in [3.05, 3.63) is 41.0 Å². The Morgan fingerprint density at radius 3 is 2.46 bits per heavy atom. The number of alkyl carbamates (subject to hydrolysis) is 1. The quantitative estimate of drug-likeness (QED) is 0.317. The molecule has 0 aliphatic heterocycles. The molecule has 192 valence electrons. The number of nitrogens with zero attached hydrogens (tertiary/aromatic N) is 2. The monoisotopic (exact) mass is 489 g/mol. The first-order chi connectivity index (χ1) is 16.3. The molecule has 0 fully saturated rings. The minimum atomic E-state index is -0.820. The molecule has 0 unspecified atom stereocenters. The van der Waals surface area contributed by atoms with Crippen LogP contribution in [-0.4, -0.2) is 46.2 Å². The van der Waals surface area contributed by atoms with E-state index in [2.05, 4.69) is 25.9 Å². The fourth-order valence-corrected chi connectivity index (χ4v) is 3.19. The number of carbonyl (C=O) groups is 2. The van der Waals surface area contributed by atoms with Gasteiger partial charge in [0.25, 0.3) is 5.91 Å². The number of anilines is 3. The van der Waals surface area contributed by atoms with Crippen LogP contribution < -0.4 is 27.4 Å². The van der Waals surface area contributed by atoms with Crippen molar-refractivity contribution >= 4 is 29.3 Å². The van der Waals surface area contributed by atoms with E-state index in [1.807, 2.05) is 19.9 Å². The van der Waals surface area contributed by atoms with Crippen molar-refractivity contribution in [2.75, 3.05) is 17.2 Å². The van der Waals surface area contributed by atoms with Crippen molar-refractivity contribution in [2.45, 2.75) is 72.1 Å². The first-order valence-electron chi connectivity index (χ1n) is 11.5. The molecular weight excluding hydrogens is 453 g/mol. The number of hydrogen-bond donors (Lipinski definition) is 5. The number of halogens is 1. The summed E-state index contributed by atoms with van der Waals surface area (Å²) in [5.74, 6) is -1.53. The van der Waals surface area contributed by atoms with Crippen LogP contribution in [0.1, 0.15) is 62.2 Å². The Bertz CT molecular complexity index is 1050. The summed E-state index contributed by atoms with van der Waals surface area (Å²) in [6, 6.07) is 2.17. The lowest BCUT2D eigenvalue weighted by Gasteiger charge is -2.24. The lowest BCUT2D eigenvalue weighted by atomic mass is 10.0. The van der Waals surface area contributed by atoms with Crippen molar-refractivity contribution in [2.24, 2.45) is 11.5 Å². The van der Waals surface area contributed by atoms with Gasteiger partial charge in [-0.2, -0.15) is 0 Å². The highest BCUT2D eigenvalue weighted by Crippen LogP contribution is 2.25. The Hall–Kier alpha value is -3.47. The SMILES string of the molecule is Cc1cc(Nc2nc(N[C@H](CCCNC(=O)OC(C)(C)C)[C@H](C)N)c(F)cc2C(N)=O)cnc1C. The second-order valence-electron chi connectivity index (χ2n) is 9.51. The predicted octanol–water partition coefficient (Wildman–Crippen LogP) is 3.51. The molecule has 0 aliphatic carbocycles. The van der Waals surface area contributed by atoms with Crippen LogP contribution in [0.4, 0.5) is 26.5 Å². The molecule has 2 atom stereocenters. The van der Waals surface area contributed by atoms with Crippen LogP contribution >= 0.6 is 0 Å². The van der Waals surface area contributed by atoms with E-state index in [-0.39, 0.29) is 29.3 Å². The van der Waals surface area contributed by atoms with E-state index < -0.39 is 23.4 Å². The zero-order valence-electron chi connectivity index (χ0n) is 21.2. The Labute approximate surface area is 205 Å². The third kappa shape index (κ3) is 8.67. The summed E-state index contributed by atoms with van der Waals surface area (Å²) in [5.41, 5.74) is 13.3. The third-order valence-electron chi connectivity index (χ3n) is 5.16. The van der Waals surface area contributed by atoms with E-state index >= 15 is 0 Å². The molecule has 0 saturated carbocycles. The summed E-state index contributed by atoms with van der Waals surface area (Å²) in [4.78, 5) is 32.3. The normalized spacial score (nSPS) is 13.0. The maximum atomic E-state index is 14.8. The van der Waals surface area contributed by atoms with Gasteiger partial charge in [0.05, 0.1) is 17.4 Å². The summed E-state index contributed by atoms with van der Waals surface area (Å²) in [6.07, 6.45) is 2.18. The van der Waals surface area contributed by atoms with Crippen molar-refractivity contribution in [3.63, 3.8) is 0 Å². The predicted molar refractivity (Wildman–Crippen MR) is 134 cm³/mol. The number of primary amides is 1. The maximum absolute atomic E-state index is 14.8. The van der Waals surface area contributed by atoms with Gasteiger partial charge in [-0.15, -0.1) is 0 Å². The van der Waals surface area contributed by atoms with E-state index in [0.29, 0.717) is 25.1 Å². The van der Waals surface area contributed by atoms with Gasteiger partial charge in [0.1, 0.15) is 11.4 Å². The van der Waals surface area contributed by atoms with Crippen molar-refractivity contribution in [1.82, 2.24) is 15.3 Å². The Kier molecular flexibility index (Phi) is 9.35. The Morgan fingerprint density at radius 1 is 1.20 bits per heavy atom. The van der Waals surface area contributed by atoms with Crippen molar-refractivity contribution in [1.29, 1.82) is 0 Å². The number of aryl methyl sites for hydroxylation is 2. The van der Waals surface area contributed by atoms with Crippen LogP contribution in [0.25, 0.3) is 0 Å². The molecular formula is C24H36FN7O3. The maximum Gasteiger partial charge on any atom is 0.407 e. The average molecular weight is 490 g/mol. The average Bonchev–Trinajstić information content (AvgIpc) is 2.73. The minimum absolute atomic E-state index is 0.0725. The number of rotatable bonds is 10. The third-order valence-corrected chi connectivity index (χ3v) is 5.16. The van der Waals surface area contributed by atoms with Gasteiger partial charge in [-0.3, -0.25) is 9.78 Å². The number of ether oxygens (including phenoxy) is 1. The van der Waals surface area contributed by atoms with Crippen LogP contribution in [0.3, 0.4) is 0 Å². The first kappa shape index (κ1) is 27.8. The fraction of sp³-hybridized carbons (Fsp3) is 0.500. The molecule has 2 aromatic heterocycles. The zero-order chi connectivity index (χ0) is 26.3. The van der Waals surface area contributed by atoms with E-state index in [4.69, 9.17) is 16.2 Å². The van der Waals surface area contributed by atoms with Gasteiger partial charge in [0, 0.05) is 24.3 Å². The molecule has 0 aliphatic rings. The number of carbonyl (C=O) groups excluding carboxylic acids is 2. The molecule has 10 nitrogen and oxygen atoms in total. The van der Waals surface area contributed by atoms with Crippen LogP contribution in [0.2, 0.25) is 0 Å². The zero-order valence-corrected chi connectivity index (χ0v) is 21.2. The van der Waals surface area contributed by atoms with E-state index in [1.165, 1.54) is 0 Å². The van der Waals surface area contributed by atoms with Crippen molar-refractivity contribution in [3.8, 4) is 0 Å². The number of amides is 2. The number of aromatic nitrogens is 2. The highest BCUT2D eigenvalue weighted by Gasteiger charge is 2.21. The topological polar surface area (TPSA) is 157 Å². The highest BCUT2D eigenvalue weighted by molar-refractivity contribution is 5.98. The molecule has 2 amide bonds. The molecule has 2 heterocycles. The standard InChI is InChI=1S/C24H36FN7O3/c1-13-10-16(12-29-15(13)3)30-21-17(20(27)33)11-18(25)22(32-21)31-19(14(2)26)8-7-9-28-23(34)35-24(4,5)6/h10-12,14,19H,7-9,26H2,1-6H3,(H2,27,33)(H,28,34)(H2,30,31,32)/t14-,19+/m0/s1. The van der Waals surface area contributed by atoms with Gasteiger partial charge in [0.15, 0.2) is 11.6 Å². The molecule has 2 rings (SSSR count).